The van der Waals surface area contributed by atoms with E-state index in [0.717, 1.165) is 6.07 Å². The van der Waals surface area contributed by atoms with Gasteiger partial charge < -0.3 is 15.6 Å². The predicted molar refractivity (Wildman–Crippen MR) is 56.6 cm³/mol. The molecule has 1 rings (SSSR count). The Hall–Kier alpha value is -1.27. The fraction of sp³-hybridized carbons (Fsp3) is 0.455. The Morgan fingerprint density at radius 2 is 1.88 bits per heavy atom. The zero-order valence-corrected chi connectivity index (χ0v) is 9.29. The summed E-state index contributed by atoms with van der Waals surface area (Å²) in [6.07, 6.45) is -4.47. The van der Waals surface area contributed by atoms with E-state index in [9.17, 15) is 13.2 Å². The van der Waals surface area contributed by atoms with Crippen molar-refractivity contribution >= 4 is 0 Å². The average molecular weight is 249 g/mol. The highest BCUT2D eigenvalue weighted by Gasteiger charge is 2.34. The number of benzene rings is 1. The molecule has 0 heterocycles. The minimum absolute atomic E-state index is 0.198. The van der Waals surface area contributed by atoms with Gasteiger partial charge in [0.25, 0.3) is 0 Å². The zero-order valence-electron chi connectivity index (χ0n) is 9.29. The molecule has 0 aliphatic heterocycles. The Bertz CT molecular complexity index is 377. The number of halogens is 3. The van der Waals surface area contributed by atoms with Gasteiger partial charge in [-0.2, -0.15) is 13.2 Å². The lowest BCUT2D eigenvalue weighted by molar-refractivity contribution is -0.139. The van der Waals surface area contributed by atoms with E-state index >= 15 is 0 Å². The largest absolute Gasteiger partial charge is 0.491 e. The van der Waals surface area contributed by atoms with E-state index in [-0.39, 0.29) is 19.0 Å². The molecule has 1 atom stereocenters. The van der Waals surface area contributed by atoms with Gasteiger partial charge in [-0.1, -0.05) is 12.1 Å². The number of aliphatic hydroxyl groups is 1. The summed E-state index contributed by atoms with van der Waals surface area (Å²) in [6, 6.07) is 4.87. The molecular weight excluding hydrogens is 235 g/mol. The average Bonchev–Trinajstić information content (AvgIpc) is 2.26. The number of alkyl halides is 3. The maximum absolute atomic E-state index is 12.6. The molecule has 3 N–H and O–H groups in total. The number of rotatable bonds is 4. The highest BCUT2D eigenvalue weighted by Crippen LogP contribution is 2.35. The van der Waals surface area contributed by atoms with E-state index in [0.29, 0.717) is 0 Å². The Balaban J connectivity index is 2.85. The molecule has 6 heteroatoms. The van der Waals surface area contributed by atoms with Crippen molar-refractivity contribution in [3.8, 4) is 5.75 Å². The van der Waals surface area contributed by atoms with Crippen LogP contribution in [0, 0.1) is 0 Å². The monoisotopic (exact) mass is 249 g/mol. The van der Waals surface area contributed by atoms with Crippen LogP contribution in [0.15, 0.2) is 24.3 Å². The fourth-order valence-corrected chi connectivity index (χ4v) is 1.11. The van der Waals surface area contributed by atoms with Crippen LogP contribution >= 0.6 is 0 Å². The van der Waals surface area contributed by atoms with Gasteiger partial charge in [0.15, 0.2) is 0 Å². The number of hydrogen-bond acceptors (Lipinski definition) is 3. The van der Waals surface area contributed by atoms with Gasteiger partial charge in [0.2, 0.25) is 0 Å². The molecule has 0 bridgehead atoms. The number of para-hydroxylation sites is 1. The molecule has 0 spiro atoms. The van der Waals surface area contributed by atoms with Crippen LogP contribution in [0.3, 0.4) is 0 Å². The molecular formula is C11H14F3NO2. The SMILES string of the molecule is CC(N)(CO)COc1ccccc1C(F)(F)F. The first kappa shape index (κ1) is 13.8. The molecule has 17 heavy (non-hydrogen) atoms. The maximum atomic E-state index is 12.6. The number of hydrogen-bond donors (Lipinski definition) is 2. The number of nitrogens with two attached hydrogens (primary N) is 1. The van der Waals surface area contributed by atoms with Crippen molar-refractivity contribution in [3.63, 3.8) is 0 Å². The second-order valence-electron chi connectivity index (χ2n) is 4.09. The molecule has 1 aromatic carbocycles. The van der Waals surface area contributed by atoms with Gasteiger partial charge in [-0.3, -0.25) is 0 Å². The van der Waals surface area contributed by atoms with Crippen molar-refractivity contribution in [2.75, 3.05) is 13.2 Å². The van der Waals surface area contributed by atoms with Crippen molar-refractivity contribution in [1.29, 1.82) is 0 Å². The van der Waals surface area contributed by atoms with Gasteiger partial charge in [0.05, 0.1) is 17.7 Å². The van der Waals surface area contributed by atoms with Crippen LogP contribution in [0.1, 0.15) is 12.5 Å². The van der Waals surface area contributed by atoms with Gasteiger partial charge >= 0.3 is 6.18 Å². The summed E-state index contributed by atoms with van der Waals surface area (Å²) in [6.45, 7) is 0.918. The van der Waals surface area contributed by atoms with Crippen LogP contribution in [-0.2, 0) is 6.18 Å². The number of ether oxygens (including phenoxy) is 1. The second-order valence-corrected chi connectivity index (χ2v) is 4.09. The maximum Gasteiger partial charge on any atom is 0.419 e. The predicted octanol–water partition coefficient (Wildman–Crippen LogP) is 1.79. The fourth-order valence-electron chi connectivity index (χ4n) is 1.11. The molecule has 1 unspecified atom stereocenters. The standard InChI is InChI=1S/C11H14F3NO2/c1-10(15,6-16)7-17-9-5-3-2-4-8(9)11(12,13)14/h2-5,16H,6-7,15H2,1H3. The lowest BCUT2D eigenvalue weighted by atomic mass is 10.1. The third-order valence-corrected chi connectivity index (χ3v) is 2.11. The Kier molecular flexibility index (Phi) is 4.00. The van der Waals surface area contributed by atoms with Crippen LogP contribution in [0.25, 0.3) is 0 Å². The lowest BCUT2D eigenvalue weighted by Crippen LogP contribution is -2.46. The van der Waals surface area contributed by atoms with Crippen LogP contribution in [0.5, 0.6) is 5.75 Å². The summed E-state index contributed by atoms with van der Waals surface area (Å²) >= 11 is 0. The first-order valence-corrected chi connectivity index (χ1v) is 4.95. The summed E-state index contributed by atoms with van der Waals surface area (Å²) in [5, 5.41) is 8.87. The van der Waals surface area contributed by atoms with Gasteiger partial charge in [-0.25, -0.2) is 0 Å². The molecule has 0 aromatic heterocycles. The van der Waals surface area contributed by atoms with Crippen LogP contribution in [0.4, 0.5) is 13.2 Å². The van der Waals surface area contributed by atoms with Crippen molar-refractivity contribution in [2.24, 2.45) is 5.73 Å². The molecule has 0 fully saturated rings. The highest BCUT2D eigenvalue weighted by molar-refractivity contribution is 5.35. The Morgan fingerprint density at radius 1 is 1.29 bits per heavy atom. The van der Waals surface area contributed by atoms with Gasteiger partial charge in [0.1, 0.15) is 12.4 Å². The van der Waals surface area contributed by atoms with E-state index in [1.165, 1.54) is 25.1 Å². The summed E-state index contributed by atoms with van der Waals surface area (Å²) in [5.74, 6) is -0.287. The highest BCUT2D eigenvalue weighted by atomic mass is 19.4. The summed E-state index contributed by atoms with van der Waals surface area (Å²) < 4.78 is 42.8. The van der Waals surface area contributed by atoms with E-state index in [1.54, 1.807) is 0 Å². The molecule has 0 saturated heterocycles. The number of aliphatic hydroxyl groups excluding tert-OH is 1. The second kappa shape index (κ2) is 4.93. The topological polar surface area (TPSA) is 55.5 Å². The van der Waals surface area contributed by atoms with Crippen molar-refractivity contribution < 1.29 is 23.0 Å². The van der Waals surface area contributed by atoms with Crippen LogP contribution in [0.2, 0.25) is 0 Å². The third kappa shape index (κ3) is 3.90. The molecule has 0 saturated carbocycles. The third-order valence-electron chi connectivity index (χ3n) is 2.11. The van der Waals surface area contributed by atoms with E-state index in [1.807, 2.05) is 0 Å². The zero-order chi connectivity index (χ0) is 13.1. The first-order valence-electron chi connectivity index (χ1n) is 4.95. The Labute approximate surface area is 97.0 Å². The van der Waals surface area contributed by atoms with Crippen molar-refractivity contribution in [3.05, 3.63) is 29.8 Å². The van der Waals surface area contributed by atoms with E-state index in [2.05, 4.69) is 0 Å². The van der Waals surface area contributed by atoms with E-state index < -0.39 is 17.3 Å². The van der Waals surface area contributed by atoms with Gasteiger partial charge in [0, 0.05) is 0 Å². The van der Waals surface area contributed by atoms with Crippen LogP contribution < -0.4 is 10.5 Å². The molecule has 0 aliphatic rings. The molecule has 0 radical (unpaired) electrons. The molecule has 0 amide bonds. The summed E-state index contributed by atoms with van der Waals surface area (Å²) in [4.78, 5) is 0. The first-order chi connectivity index (χ1) is 7.76. The normalized spacial score (nSPS) is 15.4. The molecule has 3 nitrogen and oxygen atoms in total. The summed E-state index contributed by atoms with van der Waals surface area (Å²) in [7, 11) is 0. The molecule has 1 aromatic rings. The van der Waals surface area contributed by atoms with E-state index in [4.69, 9.17) is 15.6 Å². The smallest absolute Gasteiger partial charge is 0.419 e. The quantitative estimate of drug-likeness (QED) is 0.855. The minimum atomic E-state index is -4.47. The minimum Gasteiger partial charge on any atom is -0.491 e. The summed E-state index contributed by atoms with van der Waals surface area (Å²) in [5.41, 5.74) is 3.64. The lowest BCUT2D eigenvalue weighted by Gasteiger charge is -2.23. The van der Waals surface area contributed by atoms with Crippen molar-refractivity contribution in [2.45, 2.75) is 18.6 Å². The van der Waals surface area contributed by atoms with Crippen molar-refractivity contribution in [1.82, 2.24) is 0 Å². The van der Waals surface area contributed by atoms with Gasteiger partial charge in [-0.15, -0.1) is 0 Å². The van der Waals surface area contributed by atoms with Gasteiger partial charge in [-0.05, 0) is 19.1 Å². The van der Waals surface area contributed by atoms with Crippen LogP contribution in [-0.4, -0.2) is 23.9 Å². The molecule has 96 valence electrons. The Morgan fingerprint density at radius 3 is 2.41 bits per heavy atom. The molecule has 0 aliphatic carbocycles.